The van der Waals surface area contributed by atoms with Crippen LogP contribution in [0.25, 0.3) is 0 Å². The van der Waals surface area contributed by atoms with Crippen LogP contribution >= 0.6 is 0 Å². The smallest absolute Gasteiger partial charge is 0 e. The van der Waals surface area contributed by atoms with E-state index in [0.717, 1.165) is 0 Å². The minimum atomic E-state index is -0.0278. The Morgan fingerprint density at radius 3 is 1.43 bits per heavy atom. The van der Waals surface area contributed by atoms with E-state index in [4.69, 9.17) is 5.11 Å². The molecule has 0 aromatic rings. The summed E-state index contributed by atoms with van der Waals surface area (Å²) in [5.41, 5.74) is -0.0278. The molecule has 7 heavy (non-hydrogen) atoms. The van der Waals surface area contributed by atoms with Crippen LogP contribution in [0.5, 0.6) is 0 Å². The summed E-state index contributed by atoms with van der Waals surface area (Å²) in [5.74, 6) is 0. The predicted molar refractivity (Wildman–Crippen MR) is 25.7 cm³/mol. The molecule has 0 aliphatic rings. The van der Waals surface area contributed by atoms with Crippen LogP contribution in [0.4, 0.5) is 0 Å². The Balaban J connectivity index is 0. The van der Waals surface area contributed by atoms with Crippen molar-refractivity contribution in [3.05, 3.63) is 6.61 Å². The first-order valence-electron chi connectivity index (χ1n) is 2.05. The number of rotatable bonds is 0. The van der Waals surface area contributed by atoms with Crippen molar-refractivity contribution in [2.45, 2.75) is 20.8 Å². The fourth-order valence-corrected chi connectivity index (χ4v) is 0. The molecule has 0 aliphatic carbocycles. The van der Waals surface area contributed by atoms with E-state index in [1.165, 1.54) is 6.61 Å². The predicted octanol–water partition coefficient (Wildman–Crippen LogP) is 1.57. The van der Waals surface area contributed by atoms with Gasteiger partial charge in [0.1, 0.15) is 0 Å². The van der Waals surface area contributed by atoms with Crippen molar-refractivity contribution in [1.82, 2.24) is 0 Å². The van der Waals surface area contributed by atoms with E-state index in [1.54, 1.807) is 0 Å². The van der Waals surface area contributed by atoms with Crippen LogP contribution in [0, 0.1) is 53.3 Å². The Morgan fingerprint density at radius 2 is 1.43 bits per heavy atom. The molecule has 0 heterocycles. The Bertz CT molecular complexity index is 37.8. The van der Waals surface area contributed by atoms with Gasteiger partial charge < -0.3 is 5.11 Å². The minimum absolute atomic E-state index is 0. The van der Waals surface area contributed by atoms with Crippen LogP contribution in [0.15, 0.2) is 0 Å². The van der Waals surface area contributed by atoms with Crippen LogP contribution in [0.1, 0.15) is 20.8 Å². The van der Waals surface area contributed by atoms with Gasteiger partial charge in [-0.1, -0.05) is 20.8 Å². The number of hydrogen-bond acceptors (Lipinski definition) is 1. The molecule has 1 N–H and O–H groups in total. The van der Waals surface area contributed by atoms with Crippen molar-refractivity contribution >= 4 is 0 Å². The SMILES string of the molecule is CC(C)(C)[CH-]O.[Pr]. The van der Waals surface area contributed by atoms with E-state index in [-0.39, 0.29) is 46.7 Å². The standard InChI is InChI=1S/C5H11O.Pr/c1-5(2,3)4-6;/h4,6H,1-3H3;/q-1;. The monoisotopic (exact) mass is 228 g/mol. The van der Waals surface area contributed by atoms with Crippen molar-refractivity contribution in [3.8, 4) is 0 Å². The van der Waals surface area contributed by atoms with Gasteiger partial charge in [0.2, 0.25) is 0 Å². The molecule has 0 aliphatic heterocycles. The van der Waals surface area contributed by atoms with Crippen molar-refractivity contribution < 1.29 is 46.4 Å². The first-order valence-corrected chi connectivity index (χ1v) is 2.05. The van der Waals surface area contributed by atoms with E-state index in [9.17, 15) is 0 Å². The van der Waals surface area contributed by atoms with Crippen LogP contribution in [-0.2, 0) is 0 Å². The molecule has 1 radical (unpaired) electrons. The molecule has 0 saturated carbocycles. The van der Waals surface area contributed by atoms with E-state index >= 15 is 0 Å². The van der Waals surface area contributed by atoms with Gasteiger partial charge in [0.15, 0.2) is 0 Å². The number of aliphatic hydroxyl groups excluding tert-OH is 1. The van der Waals surface area contributed by atoms with Gasteiger partial charge in [-0.3, -0.25) is 0 Å². The number of aliphatic hydroxyl groups is 1. The van der Waals surface area contributed by atoms with E-state index in [0.29, 0.717) is 0 Å². The molecule has 0 fully saturated rings. The summed E-state index contributed by atoms with van der Waals surface area (Å²) < 4.78 is 0. The topological polar surface area (TPSA) is 20.2 Å². The van der Waals surface area contributed by atoms with Crippen LogP contribution in [0.2, 0.25) is 0 Å². The molecule has 2 heteroatoms. The molecular weight excluding hydrogens is 217 g/mol. The minimum Gasteiger partial charge on any atom is -0.565 e. The van der Waals surface area contributed by atoms with Gasteiger partial charge in [0, 0.05) is 41.3 Å². The van der Waals surface area contributed by atoms with E-state index in [2.05, 4.69) is 0 Å². The molecule has 0 spiro atoms. The Hall–Kier alpha value is 1.32. The second kappa shape index (κ2) is 4.23. The van der Waals surface area contributed by atoms with Gasteiger partial charge in [0.25, 0.3) is 0 Å². The summed E-state index contributed by atoms with van der Waals surface area (Å²) in [4.78, 5) is 0. The normalized spacial score (nSPS) is 10.3. The van der Waals surface area contributed by atoms with Gasteiger partial charge in [-0.15, -0.1) is 5.41 Å². The van der Waals surface area contributed by atoms with Crippen molar-refractivity contribution in [2.75, 3.05) is 0 Å². The van der Waals surface area contributed by atoms with Crippen molar-refractivity contribution in [3.63, 3.8) is 0 Å². The average molecular weight is 228 g/mol. The van der Waals surface area contributed by atoms with Crippen molar-refractivity contribution in [1.29, 1.82) is 0 Å². The zero-order valence-corrected chi connectivity index (χ0v) is 8.81. The first kappa shape index (κ1) is 11.2. The van der Waals surface area contributed by atoms with Crippen molar-refractivity contribution in [2.24, 2.45) is 5.41 Å². The molecule has 0 aromatic carbocycles. The third-order valence-corrected chi connectivity index (χ3v) is 0.387. The zero-order valence-electron chi connectivity index (χ0n) is 5.10. The van der Waals surface area contributed by atoms with Gasteiger partial charge in [-0.2, -0.15) is 0 Å². The zero-order chi connectivity index (χ0) is 5.21. The second-order valence-corrected chi connectivity index (χ2v) is 2.50. The summed E-state index contributed by atoms with van der Waals surface area (Å²) in [6, 6.07) is 0. The fourth-order valence-electron chi connectivity index (χ4n) is 0. The summed E-state index contributed by atoms with van der Waals surface area (Å²) in [6.45, 7) is 7.00. The summed E-state index contributed by atoms with van der Waals surface area (Å²) in [5, 5.41) is 8.28. The Kier molecular flexibility index (Phi) is 6.74. The maximum atomic E-state index is 8.28. The van der Waals surface area contributed by atoms with Gasteiger partial charge in [0.05, 0.1) is 0 Å². The maximum Gasteiger partial charge on any atom is 0 e. The molecule has 0 amide bonds. The molecule has 0 atom stereocenters. The first-order chi connectivity index (χ1) is 2.56. The molecule has 0 aromatic heterocycles. The van der Waals surface area contributed by atoms with E-state index < -0.39 is 0 Å². The van der Waals surface area contributed by atoms with Crippen LogP contribution in [-0.4, -0.2) is 5.11 Å². The largest absolute Gasteiger partial charge is 0.565 e. The van der Waals surface area contributed by atoms with Gasteiger partial charge in [-0.25, -0.2) is 6.61 Å². The number of hydrogen-bond donors (Lipinski definition) is 1. The summed E-state index contributed by atoms with van der Waals surface area (Å²) in [6.07, 6.45) is 0. The van der Waals surface area contributed by atoms with Gasteiger partial charge in [-0.05, 0) is 0 Å². The van der Waals surface area contributed by atoms with Crippen LogP contribution < -0.4 is 0 Å². The molecule has 1 nitrogen and oxygen atoms in total. The molecule has 0 bridgehead atoms. The van der Waals surface area contributed by atoms with Crippen LogP contribution in [0.3, 0.4) is 0 Å². The molecule has 0 unspecified atom stereocenters. The quantitative estimate of drug-likeness (QED) is 0.624. The third kappa shape index (κ3) is 11.1. The van der Waals surface area contributed by atoms with Gasteiger partial charge >= 0.3 is 0 Å². The van der Waals surface area contributed by atoms with E-state index in [1.807, 2.05) is 20.8 Å². The molecule has 0 rings (SSSR count). The second-order valence-electron chi connectivity index (χ2n) is 2.50. The fraction of sp³-hybridized carbons (Fsp3) is 0.800. The average Bonchev–Trinajstić information content (AvgIpc) is 1.35. The maximum absolute atomic E-state index is 8.28. The Labute approximate surface area is 78.4 Å². The summed E-state index contributed by atoms with van der Waals surface area (Å²) >= 11 is 0. The molecule has 0 saturated heterocycles. The molecule has 41 valence electrons. The Morgan fingerprint density at radius 1 is 1.29 bits per heavy atom. The third-order valence-electron chi connectivity index (χ3n) is 0.387. The molecular formula is C5H11OPr-. The summed E-state index contributed by atoms with van der Waals surface area (Å²) in [7, 11) is 0.